The van der Waals surface area contributed by atoms with Gasteiger partial charge in [0.25, 0.3) is 0 Å². The third-order valence-electron chi connectivity index (χ3n) is 1.58. The van der Waals surface area contributed by atoms with E-state index in [1.165, 1.54) is 17.8 Å². The maximum atomic E-state index is 12.0. The molecule has 0 radical (unpaired) electrons. The summed E-state index contributed by atoms with van der Waals surface area (Å²) in [6, 6.07) is -0.716. The van der Waals surface area contributed by atoms with E-state index >= 15 is 0 Å². The number of nitrogens with one attached hydrogen (secondary N) is 1. The maximum absolute atomic E-state index is 12.0. The lowest BCUT2D eigenvalue weighted by Gasteiger charge is -2.14. The summed E-state index contributed by atoms with van der Waals surface area (Å²) in [4.78, 5) is 0. The molecule has 74 valence electrons. The van der Waals surface area contributed by atoms with Crippen LogP contribution in [0.3, 0.4) is 0 Å². The van der Waals surface area contributed by atoms with Crippen LogP contribution in [0.4, 0.5) is 13.2 Å². The first-order chi connectivity index (χ1) is 5.90. The summed E-state index contributed by atoms with van der Waals surface area (Å²) in [6.45, 7) is 1.44. The number of aromatic amines is 1. The number of H-pyrrole nitrogens is 1. The van der Waals surface area contributed by atoms with Crippen molar-refractivity contribution in [3.05, 3.63) is 11.1 Å². The lowest BCUT2D eigenvalue weighted by atomic mass is 10.2. The largest absolute Gasteiger partial charge is 0.391 e. The van der Waals surface area contributed by atoms with Gasteiger partial charge in [-0.25, -0.2) is 0 Å². The van der Waals surface area contributed by atoms with E-state index in [-0.39, 0.29) is 4.77 Å². The molecule has 0 aliphatic carbocycles. The average Bonchev–Trinajstić information content (AvgIpc) is 2.30. The molecule has 0 saturated heterocycles. The zero-order chi connectivity index (χ0) is 10.1. The second-order valence-electron chi connectivity index (χ2n) is 2.74. The van der Waals surface area contributed by atoms with Gasteiger partial charge in [0.1, 0.15) is 6.33 Å². The predicted molar refractivity (Wildman–Crippen MR) is 42.8 cm³/mol. The van der Waals surface area contributed by atoms with Crippen molar-refractivity contribution in [3.8, 4) is 0 Å². The predicted octanol–water partition coefficient (Wildman–Crippen LogP) is 2.45. The lowest BCUT2D eigenvalue weighted by Crippen LogP contribution is -2.16. The zero-order valence-corrected chi connectivity index (χ0v) is 7.61. The van der Waals surface area contributed by atoms with Crippen molar-refractivity contribution in [2.24, 2.45) is 0 Å². The van der Waals surface area contributed by atoms with Crippen LogP contribution in [-0.2, 0) is 0 Å². The van der Waals surface area contributed by atoms with Gasteiger partial charge in [0.05, 0.1) is 6.42 Å². The number of nitrogens with zero attached hydrogens (tertiary/aromatic N) is 2. The molecule has 0 aromatic carbocycles. The molecule has 1 rings (SSSR count). The summed E-state index contributed by atoms with van der Waals surface area (Å²) in [7, 11) is 0. The van der Waals surface area contributed by atoms with Crippen LogP contribution in [0.15, 0.2) is 6.33 Å². The van der Waals surface area contributed by atoms with E-state index in [1.54, 1.807) is 0 Å². The molecule has 0 spiro atoms. The quantitative estimate of drug-likeness (QED) is 0.762. The van der Waals surface area contributed by atoms with Gasteiger partial charge in [0, 0.05) is 6.04 Å². The molecule has 1 aromatic rings. The molecule has 0 bridgehead atoms. The number of hydrogen-bond acceptors (Lipinski definition) is 2. The third-order valence-corrected chi connectivity index (χ3v) is 1.88. The molecular formula is C6H8F3N3S. The van der Waals surface area contributed by atoms with Gasteiger partial charge in [0.2, 0.25) is 0 Å². The van der Waals surface area contributed by atoms with Gasteiger partial charge in [-0.2, -0.15) is 18.3 Å². The van der Waals surface area contributed by atoms with E-state index in [0.29, 0.717) is 0 Å². The van der Waals surface area contributed by atoms with E-state index in [2.05, 4.69) is 10.2 Å². The fraction of sp³-hybridized carbons (Fsp3) is 0.667. The SMILES string of the molecule is CC(CC(F)(F)F)n1cn[nH]c1=S. The first-order valence-corrected chi connectivity index (χ1v) is 3.99. The Labute approximate surface area is 77.6 Å². The highest BCUT2D eigenvalue weighted by atomic mass is 32.1. The Morgan fingerprint density at radius 1 is 1.69 bits per heavy atom. The van der Waals surface area contributed by atoms with Gasteiger partial charge in [-0.3, -0.25) is 5.10 Å². The summed E-state index contributed by atoms with van der Waals surface area (Å²) >= 11 is 4.73. The number of hydrogen-bond donors (Lipinski definition) is 1. The Morgan fingerprint density at radius 3 is 2.69 bits per heavy atom. The summed E-state index contributed by atoms with van der Waals surface area (Å²) in [5.74, 6) is 0. The Balaban J connectivity index is 2.75. The van der Waals surface area contributed by atoms with E-state index in [4.69, 9.17) is 12.2 Å². The van der Waals surface area contributed by atoms with Crippen LogP contribution in [0.1, 0.15) is 19.4 Å². The molecule has 0 amide bonds. The van der Waals surface area contributed by atoms with Crippen LogP contribution in [0.5, 0.6) is 0 Å². The third kappa shape index (κ3) is 2.83. The van der Waals surface area contributed by atoms with Crippen molar-refractivity contribution >= 4 is 12.2 Å². The van der Waals surface area contributed by atoms with Crippen LogP contribution in [0.2, 0.25) is 0 Å². The van der Waals surface area contributed by atoms with Crippen molar-refractivity contribution in [1.29, 1.82) is 0 Å². The second kappa shape index (κ2) is 3.49. The molecule has 7 heteroatoms. The monoisotopic (exact) mass is 211 g/mol. The second-order valence-corrected chi connectivity index (χ2v) is 3.12. The fourth-order valence-electron chi connectivity index (χ4n) is 1.00. The van der Waals surface area contributed by atoms with E-state index in [9.17, 15) is 13.2 Å². The highest BCUT2D eigenvalue weighted by Crippen LogP contribution is 2.26. The summed E-state index contributed by atoms with van der Waals surface area (Å²) in [5.41, 5.74) is 0. The minimum Gasteiger partial charge on any atom is -0.304 e. The van der Waals surface area contributed by atoms with E-state index in [0.717, 1.165) is 0 Å². The highest BCUT2D eigenvalue weighted by molar-refractivity contribution is 7.71. The number of rotatable bonds is 2. The van der Waals surface area contributed by atoms with E-state index in [1.807, 2.05) is 0 Å². The lowest BCUT2D eigenvalue weighted by molar-refractivity contribution is -0.141. The van der Waals surface area contributed by atoms with Crippen molar-refractivity contribution in [1.82, 2.24) is 14.8 Å². The minimum atomic E-state index is -4.18. The maximum Gasteiger partial charge on any atom is 0.391 e. The Hall–Kier alpha value is -0.850. The fourth-order valence-corrected chi connectivity index (χ4v) is 1.28. The van der Waals surface area contributed by atoms with Crippen molar-refractivity contribution in [3.63, 3.8) is 0 Å². The molecule has 1 atom stereocenters. The minimum absolute atomic E-state index is 0.205. The molecular weight excluding hydrogens is 203 g/mol. The summed E-state index contributed by atoms with van der Waals surface area (Å²) < 4.78 is 37.3. The molecule has 0 fully saturated rings. The van der Waals surface area contributed by atoms with Gasteiger partial charge in [-0.05, 0) is 19.1 Å². The standard InChI is InChI=1S/C6H8F3N3S/c1-4(2-6(7,8)9)12-3-10-11-5(12)13/h3-4H,2H2,1H3,(H,11,13). The first kappa shape index (κ1) is 10.2. The molecule has 13 heavy (non-hydrogen) atoms. The van der Waals surface area contributed by atoms with Crippen LogP contribution in [0, 0.1) is 4.77 Å². The topological polar surface area (TPSA) is 33.6 Å². The number of aromatic nitrogens is 3. The molecule has 0 aliphatic rings. The van der Waals surface area contributed by atoms with Crippen molar-refractivity contribution < 1.29 is 13.2 Å². The molecule has 1 heterocycles. The average molecular weight is 211 g/mol. The Morgan fingerprint density at radius 2 is 2.31 bits per heavy atom. The van der Waals surface area contributed by atoms with Gasteiger partial charge >= 0.3 is 6.18 Å². The zero-order valence-electron chi connectivity index (χ0n) is 6.80. The highest BCUT2D eigenvalue weighted by Gasteiger charge is 2.30. The van der Waals surface area contributed by atoms with Crippen LogP contribution in [0.25, 0.3) is 0 Å². The molecule has 1 aromatic heterocycles. The smallest absolute Gasteiger partial charge is 0.304 e. The Bertz CT molecular complexity index is 326. The molecule has 1 unspecified atom stereocenters. The molecule has 3 nitrogen and oxygen atoms in total. The summed E-state index contributed by atoms with van der Waals surface area (Å²) in [6.07, 6.45) is -3.81. The van der Waals surface area contributed by atoms with Crippen LogP contribution < -0.4 is 0 Å². The Kier molecular flexibility index (Phi) is 2.74. The number of alkyl halides is 3. The van der Waals surface area contributed by atoms with Crippen LogP contribution in [-0.4, -0.2) is 20.9 Å². The van der Waals surface area contributed by atoms with E-state index < -0.39 is 18.6 Å². The first-order valence-electron chi connectivity index (χ1n) is 3.58. The summed E-state index contributed by atoms with van der Waals surface area (Å²) in [5, 5.41) is 5.93. The van der Waals surface area contributed by atoms with Gasteiger partial charge in [-0.1, -0.05) is 0 Å². The normalized spacial score (nSPS) is 14.5. The van der Waals surface area contributed by atoms with Crippen LogP contribution >= 0.6 is 12.2 Å². The van der Waals surface area contributed by atoms with Crippen molar-refractivity contribution in [2.75, 3.05) is 0 Å². The molecule has 0 aliphatic heterocycles. The molecule has 1 N–H and O–H groups in total. The number of halogens is 3. The van der Waals surface area contributed by atoms with Gasteiger partial charge < -0.3 is 4.57 Å². The van der Waals surface area contributed by atoms with Crippen molar-refractivity contribution in [2.45, 2.75) is 25.6 Å². The van der Waals surface area contributed by atoms with Gasteiger partial charge in [0.15, 0.2) is 4.77 Å². The van der Waals surface area contributed by atoms with Gasteiger partial charge in [-0.15, -0.1) is 0 Å². The molecule has 0 saturated carbocycles.